The van der Waals surface area contributed by atoms with Crippen LogP contribution in [-0.2, 0) is 13.1 Å². The van der Waals surface area contributed by atoms with Gasteiger partial charge in [0.05, 0.1) is 18.7 Å². The standard InChI is InChI=1S/C27H40N3O2.BrH/c1-4-6-8-10-12-14-19-29-21(3)30(20-15-13-11-9-7-5-2)25-24(29)26(31)22-17-16-18-28-23(22)27(25)32;/h16-18H,4-15,19-20H2,1-3H3;1H/q+1;/p-1. The molecule has 0 radical (unpaired) electrons. The fourth-order valence-corrected chi connectivity index (χ4v) is 4.84. The number of fused-ring (bicyclic) bond motifs is 2. The van der Waals surface area contributed by atoms with Crippen LogP contribution >= 0.6 is 0 Å². The molecule has 0 saturated heterocycles. The largest absolute Gasteiger partial charge is 1.00 e. The molecule has 0 amide bonds. The van der Waals surface area contributed by atoms with E-state index in [9.17, 15) is 9.59 Å². The Bertz CT molecular complexity index is 863. The zero-order chi connectivity index (χ0) is 22.9. The van der Waals surface area contributed by atoms with Gasteiger partial charge in [0, 0.05) is 13.1 Å². The van der Waals surface area contributed by atoms with Crippen molar-refractivity contribution in [2.24, 2.45) is 0 Å². The minimum absolute atomic E-state index is 0. The molecule has 0 aliphatic heterocycles. The molecule has 2 heterocycles. The Kier molecular flexibility index (Phi) is 11.5. The molecule has 0 spiro atoms. The average molecular weight is 519 g/mol. The summed E-state index contributed by atoms with van der Waals surface area (Å²) in [4.78, 5) is 31.1. The number of hydrogen-bond acceptors (Lipinski definition) is 3. The number of carbonyl (C=O) groups excluding carboxylic acids is 2. The average Bonchev–Trinajstić information content (AvgIpc) is 3.08. The minimum atomic E-state index is -0.106. The summed E-state index contributed by atoms with van der Waals surface area (Å²) in [5.74, 6) is 0.857. The van der Waals surface area contributed by atoms with Crippen molar-refractivity contribution in [2.75, 3.05) is 0 Å². The maximum Gasteiger partial charge on any atom is 0.255 e. The Labute approximate surface area is 209 Å². The minimum Gasteiger partial charge on any atom is -1.00 e. The number of ketones is 2. The van der Waals surface area contributed by atoms with Crippen molar-refractivity contribution in [3.8, 4) is 0 Å². The number of halogens is 1. The molecule has 0 fully saturated rings. The molecule has 0 N–H and O–H groups in total. The van der Waals surface area contributed by atoms with E-state index in [1.165, 1.54) is 51.4 Å². The molecule has 0 saturated carbocycles. The first-order valence-electron chi connectivity index (χ1n) is 12.8. The van der Waals surface area contributed by atoms with Crippen LogP contribution in [0.4, 0.5) is 0 Å². The van der Waals surface area contributed by atoms with Crippen LogP contribution < -0.4 is 21.5 Å². The lowest BCUT2D eigenvalue weighted by Crippen LogP contribution is -3.00. The summed E-state index contributed by atoms with van der Waals surface area (Å²) in [5.41, 5.74) is 1.88. The van der Waals surface area contributed by atoms with Crippen LogP contribution in [0, 0.1) is 6.92 Å². The maximum absolute atomic E-state index is 13.4. The molecule has 0 bridgehead atoms. The van der Waals surface area contributed by atoms with Crippen LogP contribution in [0.1, 0.15) is 129 Å². The van der Waals surface area contributed by atoms with Crippen molar-refractivity contribution in [1.29, 1.82) is 0 Å². The fourth-order valence-electron chi connectivity index (χ4n) is 4.84. The molecule has 2 aromatic heterocycles. The van der Waals surface area contributed by atoms with Crippen LogP contribution in [0.25, 0.3) is 0 Å². The van der Waals surface area contributed by atoms with Gasteiger partial charge in [0.25, 0.3) is 11.6 Å². The van der Waals surface area contributed by atoms with Gasteiger partial charge in [-0.25, -0.2) is 9.13 Å². The number of nitrogens with zero attached hydrogens (tertiary/aromatic N) is 3. The molecule has 1 aliphatic rings. The second-order valence-corrected chi connectivity index (χ2v) is 9.14. The molecule has 33 heavy (non-hydrogen) atoms. The van der Waals surface area contributed by atoms with Gasteiger partial charge in [0.1, 0.15) is 5.69 Å². The van der Waals surface area contributed by atoms with Crippen molar-refractivity contribution in [3.63, 3.8) is 0 Å². The predicted molar refractivity (Wildman–Crippen MR) is 127 cm³/mol. The Morgan fingerprint density at radius 1 is 0.848 bits per heavy atom. The Morgan fingerprint density at radius 2 is 1.45 bits per heavy atom. The first-order chi connectivity index (χ1) is 15.6. The number of imidazole rings is 1. The highest BCUT2D eigenvalue weighted by Gasteiger charge is 2.43. The van der Waals surface area contributed by atoms with Crippen LogP contribution in [0.5, 0.6) is 0 Å². The summed E-state index contributed by atoms with van der Waals surface area (Å²) >= 11 is 0. The monoisotopic (exact) mass is 517 g/mol. The van der Waals surface area contributed by atoms with E-state index in [0.29, 0.717) is 22.6 Å². The molecule has 0 unspecified atom stereocenters. The lowest BCUT2D eigenvalue weighted by molar-refractivity contribution is -0.704. The lowest BCUT2D eigenvalue weighted by Gasteiger charge is -2.12. The van der Waals surface area contributed by atoms with E-state index in [1.54, 1.807) is 18.3 Å². The molecule has 0 aromatic carbocycles. The normalized spacial score (nSPS) is 12.5. The van der Waals surface area contributed by atoms with E-state index < -0.39 is 0 Å². The van der Waals surface area contributed by atoms with E-state index in [0.717, 1.165) is 44.6 Å². The highest BCUT2D eigenvalue weighted by molar-refractivity contribution is 6.25. The molecule has 182 valence electrons. The van der Waals surface area contributed by atoms with Gasteiger partial charge in [-0.2, -0.15) is 0 Å². The third kappa shape index (κ3) is 6.40. The molecule has 3 rings (SSSR count). The predicted octanol–water partition coefficient (Wildman–Crippen LogP) is 2.98. The van der Waals surface area contributed by atoms with Gasteiger partial charge < -0.3 is 17.0 Å². The van der Waals surface area contributed by atoms with Crippen molar-refractivity contribution in [3.05, 3.63) is 46.8 Å². The maximum atomic E-state index is 13.4. The summed E-state index contributed by atoms with van der Waals surface area (Å²) in [6.07, 6.45) is 16.0. The van der Waals surface area contributed by atoms with E-state index in [2.05, 4.69) is 34.9 Å². The summed E-state index contributed by atoms with van der Waals surface area (Å²) in [6, 6.07) is 3.48. The SMILES string of the molecule is CCCCCCCCn1c2c([n+](CCCCCCCC)c1C)C(=O)c1ncccc1C2=O.[Br-]. The van der Waals surface area contributed by atoms with Gasteiger partial charge in [-0.3, -0.25) is 14.6 Å². The molecular formula is C27H40BrN3O2. The highest BCUT2D eigenvalue weighted by atomic mass is 79.9. The Morgan fingerprint density at radius 3 is 2.12 bits per heavy atom. The molecule has 5 nitrogen and oxygen atoms in total. The first-order valence-corrected chi connectivity index (χ1v) is 12.8. The smallest absolute Gasteiger partial charge is 0.255 e. The van der Waals surface area contributed by atoms with Crippen LogP contribution in [-0.4, -0.2) is 21.1 Å². The second-order valence-electron chi connectivity index (χ2n) is 9.14. The Hall–Kier alpha value is -1.82. The zero-order valence-corrected chi connectivity index (χ0v) is 22.3. The van der Waals surface area contributed by atoms with Gasteiger partial charge in [-0.15, -0.1) is 0 Å². The first kappa shape index (κ1) is 27.4. The molecule has 1 aliphatic carbocycles. The summed E-state index contributed by atoms with van der Waals surface area (Å²) in [5, 5.41) is 0. The van der Waals surface area contributed by atoms with Crippen molar-refractivity contribution < 1.29 is 31.1 Å². The van der Waals surface area contributed by atoms with Crippen LogP contribution in [0.2, 0.25) is 0 Å². The second kappa shape index (κ2) is 13.8. The molecule has 0 atom stereocenters. The summed E-state index contributed by atoms with van der Waals surface area (Å²) in [6.45, 7) is 8.09. The van der Waals surface area contributed by atoms with Gasteiger partial charge >= 0.3 is 0 Å². The lowest BCUT2D eigenvalue weighted by atomic mass is 9.94. The fraction of sp³-hybridized carbons (Fsp3) is 0.630. The third-order valence-electron chi connectivity index (χ3n) is 6.71. The Balaban J connectivity index is 0.00000385. The quantitative estimate of drug-likeness (QED) is 0.244. The van der Waals surface area contributed by atoms with Crippen molar-refractivity contribution in [2.45, 2.75) is 111 Å². The van der Waals surface area contributed by atoms with Gasteiger partial charge in [0.15, 0.2) is 0 Å². The van der Waals surface area contributed by atoms with Crippen LogP contribution in [0.15, 0.2) is 18.3 Å². The number of pyridine rings is 1. The topological polar surface area (TPSA) is 55.8 Å². The van der Waals surface area contributed by atoms with Crippen molar-refractivity contribution in [1.82, 2.24) is 9.55 Å². The van der Waals surface area contributed by atoms with E-state index in [-0.39, 0.29) is 28.5 Å². The van der Waals surface area contributed by atoms with Crippen molar-refractivity contribution >= 4 is 11.6 Å². The number of unbranched alkanes of at least 4 members (excludes halogenated alkanes) is 10. The van der Waals surface area contributed by atoms with E-state index in [4.69, 9.17) is 0 Å². The van der Waals surface area contributed by atoms with Crippen LogP contribution in [0.3, 0.4) is 0 Å². The van der Waals surface area contributed by atoms with Gasteiger partial charge in [0.2, 0.25) is 17.2 Å². The number of hydrogen-bond donors (Lipinski definition) is 0. The molecular weight excluding hydrogens is 478 g/mol. The highest BCUT2D eigenvalue weighted by Crippen LogP contribution is 2.26. The van der Waals surface area contributed by atoms with Gasteiger partial charge in [-0.1, -0.05) is 65.2 Å². The molecule has 6 heteroatoms. The van der Waals surface area contributed by atoms with E-state index in [1.807, 2.05) is 0 Å². The zero-order valence-electron chi connectivity index (χ0n) is 20.7. The number of aromatic nitrogens is 3. The third-order valence-corrected chi connectivity index (χ3v) is 6.71. The van der Waals surface area contributed by atoms with Gasteiger partial charge in [-0.05, 0) is 37.8 Å². The number of rotatable bonds is 14. The summed E-state index contributed by atoms with van der Waals surface area (Å²) < 4.78 is 4.21. The van der Waals surface area contributed by atoms with E-state index >= 15 is 0 Å². The molecule has 2 aromatic rings. The summed E-state index contributed by atoms with van der Waals surface area (Å²) in [7, 11) is 0. The number of carbonyl (C=O) groups is 2.